The predicted octanol–water partition coefficient (Wildman–Crippen LogP) is 4.78. The van der Waals surface area contributed by atoms with Crippen LogP contribution in [0.1, 0.15) is 33.2 Å². The summed E-state index contributed by atoms with van der Waals surface area (Å²) in [4.78, 5) is 26.2. The highest BCUT2D eigenvalue weighted by molar-refractivity contribution is 6.34. The fourth-order valence-corrected chi connectivity index (χ4v) is 3.91. The van der Waals surface area contributed by atoms with Gasteiger partial charge in [0.05, 0.1) is 5.02 Å². The number of imide groups is 1. The lowest BCUT2D eigenvalue weighted by atomic mass is 10.1. The van der Waals surface area contributed by atoms with Gasteiger partial charge in [0.1, 0.15) is 36.0 Å². The number of phenols is 1. The van der Waals surface area contributed by atoms with Crippen molar-refractivity contribution in [3.05, 3.63) is 124 Å². The smallest absolute Gasteiger partial charge is 0.280 e. The number of nitrogens with two attached hydrogens (primary N) is 1. The topological polar surface area (TPSA) is 122 Å². The van der Waals surface area contributed by atoms with Crippen molar-refractivity contribution in [1.29, 1.82) is 0 Å². The molecule has 0 fully saturated rings. The second-order valence-electron chi connectivity index (χ2n) is 8.34. The highest BCUT2D eigenvalue weighted by Crippen LogP contribution is 2.34. The number of rotatable bonds is 9. The minimum Gasteiger partial charge on any atom is -0.508 e. The van der Waals surface area contributed by atoms with Crippen LogP contribution in [0.5, 0.6) is 17.2 Å². The van der Waals surface area contributed by atoms with Crippen LogP contribution in [0.15, 0.2) is 97.1 Å². The summed E-state index contributed by atoms with van der Waals surface area (Å²) in [6.45, 7) is 0.351. The zero-order valence-corrected chi connectivity index (χ0v) is 20.9. The van der Waals surface area contributed by atoms with Crippen LogP contribution in [0.25, 0.3) is 0 Å². The molecule has 0 heterocycles. The first-order chi connectivity index (χ1) is 18.3. The highest BCUT2D eigenvalue weighted by Gasteiger charge is 2.31. The number of benzene rings is 4. The van der Waals surface area contributed by atoms with Gasteiger partial charge in [0.2, 0.25) is 0 Å². The van der Waals surface area contributed by atoms with E-state index < -0.39 is 17.9 Å². The quantitative estimate of drug-likeness (QED) is 0.161. The summed E-state index contributed by atoms with van der Waals surface area (Å²) < 4.78 is 11.8. The van der Waals surface area contributed by atoms with Crippen LogP contribution in [0.4, 0.5) is 0 Å². The van der Waals surface area contributed by atoms with E-state index in [2.05, 4.69) is 0 Å². The molecule has 2 amide bonds. The number of carbonyl (C=O) groups excluding carboxylic acids is 2. The van der Waals surface area contributed by atoms with Gasteiger partial charge in [-0.1, -0.05) is 84.4 Å². The Balaban J connectivity index is 1.61. The lowest BCUT2D eigenvalue weighted by molar-refractivity contribution is -0.138. The first-order valence-corrected chi connectivity index (χ1v) is 12.0. The van der Waals surface area contributed by atoms with Crippen LogP contribution in [-0.4, -0.2) is 27.0 Å². The maximum atomic E-state index is 13.3. The normalized spacial score (nSPS) is 11.4. The largest absolute Gasteiger partial charge is 0.508 e. The standard InChI is InChI=1S/C29H25ClN2O6/c30-24-15-23(37-17-19-8-3-1-4-9-19)16-25(38-18-20-10-5-2-6-11-20)26(24)28(35)32(31)29(36)27(34)21-12-7-13-22(33)14-21/h1-16,27,33-34H,17-18,31H2. The third kappa shape index (κ3) is 6.49. The van der Waals surface area contributed by atoms with E-state index in [-0.39, 0.29) is 45.9 Å². The van der Waals surface area contributed by atoms with Crippen LogP contribution < -0.4 is 15.3 Å². The monoisotopic (exact) mass is 532 g/mol. The summed E-state index contributed by atoms with van der Waals surface area (Å²) in [7, 11) is 0. The van der Waals surface area contributed by atoms with Crippen molar-refractivity contribution in [3.63, 3.8) is 0 Å². The van der Waals surface area contributed by atoms with E-state index in [0.29, 0.717) is 5.75 Å². The van der Waals surface area contributed by atoms with E-state index in [1.54, 1.807) is 0 Å². The molecule has 0 saturated carbocycles. The molecule has 0 aliphatic carbocycles. The lowest BCUT2D eigenvalue weighted by Crippen LogP contribution is -2.45. The van der Waals surface area contributed by atoms with E-state index in [9.17, 15) is 19.8 Å². The molecule has 8 nitrogen and oxygen atoms in total. The van der Waals surface area contributed by atoms with Gasteiger partial charge in [-0.3, -0.25) is 9.59 Å². The molecular formula is C29H25ClN2O6. The highest BCUT2D eigenvalue weighted by atomic mass is 35.5. The fraction of sp³-hybridized carbons (Fsp3) is 0.103. The minimum atomic E-state index is -1.79. The van der Waals surface area contributed by atoms with E-state index >= 15 is 0 Å². The van der Waals surface area contributed by atoms with E-state index in [1.165, 1.54) is 36.4 Å². The molecule has 1 atom stereocenters. The molecule has 4 N–H and O–H groups in total. The molecule has 0 bridgehead atoms. The molecule has 0 aromatic heterocycles. The molecule has 194 valence electrons. The first-order valence-electron chi connectivity index (χ1n) is 11.6. The Morgan fingerprint density at radius 1 is 0.842 bits per heavy atom. The summed E-state index contributed by atoms with van der Waals surface area (Å²) in [6.07, 6.45) is -1.79. The molecule has 38 heavy (non-hydrogen) atoms. The third-order valence-electron chi connectivity index (χ3n) is 5.60. The molecule has 0 aliphatic heterocycles. The van der Waals surface area contributed by atoms with Gasteiger partial charge >= 0.3 is 0 Å². The number of hydrazine groups is 1. The number of ether oxygens (including phenoxy) is 2. The van der Waals surface area contributed by atoms with Crippen molar-refractivity contribution in [1.82, 2.24) is 5.01 Å². The summed E-state index contributed by atoms with van der Waals surface area (Å²) >= 11 is 6.49. The number of halogens is 1. The summed E-state index contributed by atoms with van der Waals surface area (Å²) in [5.74, 6) is 3.98. The van der Waals surface area contributed by atoms with Crippen molar-refractivity contribution in [3.8, 4) is 17.2 Å². The Morgan fingerprint density at radius 2 is 1.45 bits per heavy atom. The molecule has 0 spiro atoms. The van der Waals surface area contributed by atoms with Gasteiger partial charge in [0, 0.05) is 6.07 Å². The number of aliphatic hydroxyl groups is 1. The average Bonchev–Trinajstić information content (AvgIpc) is 2.94. The lowest BCUT2D eigenvalue weighted by Gasteiger charge is -2.21. The van der Waals surface area contributed by atoms with Gasteiger partial charge in [0.25, 0.3) is 11.8 Å². The summed E-state index contributed by atoms with van der Waals surface area (Å²) in [5, 5.41) is 20.3. The van der Waals surface area contributed by atoms with E-state index in [1.807, 2.05) is 60.7 Å². The molecule has 9 heteroatoms. The zero-order valence-electron chi connectivity index (χ0n) is 20.2. The summed E-state index contributed by atoms with van der Waals surface area (Å²) in [6, 6.07) is 27.1. The number of hydrogen-bond acceptors (Lipinski definition) is 7. The second-order valence-corrected chi connectivity index (χ2v) is 8.74. The molecule has 4 aromatic carbocycles. The number of nitrogens with zero attached hydrogens (tertiary/aromatic N) is 1. The number of aliphatic hydroxyl groups excluding tert-OH is 1. The molecule has 0 radical (unpaired) electrons. The van der Waals surface area contributed by atoms with Gasteiger partial charge in [-0.15, -0.1) is 0 Å². The van der Waals surface area contributed by atoms with Crippen LogP contribution >= 0.6 is 11.6 Å². The average molecular weight is 533 g/mol. The Hall–Kier alpha value is -4.37. The van der Waals surface area contributed by atoms with Crippen molar-refractivity contribution in [2.24, 2.45) is 5.84 Å². The number of aromatic hydroxyl groups is 1. The number of carbonyl (C=O) groups is 2. The SMILES string of the molecule is NN(C(=O)c1c(Cl)cc(OCc2ccccc2)cc1OCc1ccccc1)C(=O)C(O)c1cccc(O)c1. The van der Waals surface area contributed by atoms with Crippen LogP contribution in [0.3, 0.4) is 0 Å². The molecule has 1 unspecified atom stereocenters. The number of hydrogen-bond donors (Lipinski definition) is 3. The van der Waals surface area contributed by atoms with Crippen molar-refractivity contribution in [2.75, 3.05) is 0 Å². The second kappa shape index (κ2) is 12.2. The van der Waals surface area contributed by atoms with Crippen molar-refractivity contribution >= 4 is 23.4 Å². The van der Waals surface area contributed by atoms with Gasteiger partial charge in [-0.2, -0.15) is 0 Å². The minimum absolute atomic E-state index is 0.0458. The zero-order chi connectivity index (χ0) is 27.1. The molecule has 4 rings (SSSR count). The van der Waals surface area contributed by atoms with Gasteiger partial charge in [0.15, 0.2) is 6.10 Å². The van der Waals surface area contributed by atoms with Crippen molar-refractivity contribution in [2.45, 2.75) is 19.3 Å². The van der Waals surface area contributed by atoms with E-state index in [0.717, 1.165) is 11.1 Å². The molecule has 0 saturated heterocycles. The Morgan fingerprint density at radius 3 is 2.05 bits per heavy atom. The molecular weight excluding hydrogens is 508 g/mol. The van der Waals surface area contributed by atoms with Crippen molar-refractivity contribution < 1.29 is 29.3 Å². The fourth-order valence-electron chi connectivity index (χ4n) is 3.63. The maximum absolute atomic E-state index is 13.3. The number of amides is 2. The Labute approximate surface area is 224 Å². The van der Waals surface area contributed by atoms with Gasteiger partial charge in [-0.25, -0.2) is 10.9 Å². The number of phenolic OH excluding ortho intramolecular Hbond substituents is 1. The van der Waals surface area contributed by atoms with Gasteiger partial charge in [-0.05, 0) is 34.9 Å². The molecule has 4 aromatic rings. The maximum Gasteiger partial charge on any atom is 0.280 e. The van der Waals surface area contributed by atoms with Crippen LogP contribution in [0.2, 0.25) is 5.02 Å². The Kier molecular flexibility index (Phi) is 8.60. The van der Waals surface area contributed by atoms with E-state index in [4.69, 9.17) is 26.9 Å². The molecule has 0 aliphatic rings. The van der Waals surface area contributed by atoms with Crippen LogP contribution in [0, 0.1) is 0 Å². The summed E-state index contributed by atoms with van der Waals surface area (Å²) in [5.41, 5.74) is 1.65. The predicted molar refractivity (Wildman–Crippen MR) is 141 cm³/mol. The third-order valence-corrected chi connectivity index (χ3v) is 5.90. The van der Waals surface area contributed by atoms with Crippen LogP contribution in [-0.2, 0) is 18.0 Å². The Bertz CT molecular complexity index is 1420. The first kappa shape index (κ1) is 26.7. The van der Waals surface area contributed by atoms with Gasteiger partial charge < -0.3 is 19.7 Å².